The summed E-state index contributed by atoms with van der Waals surface area (Å²) >= 11 is 0. The van der Waals surface area contributed by atoms with Crippen molar-refractivity contribution in [2.45, 2.75) is 13.3 Å². The van der Waals surface area contributed by atoms with Gasteiger partial charge in [0.2, 0.25) is 0 Å². The molecule has 0 aromatic heterocycles. The zero-order valence-electron chi connectivity index (χ0n) is 10.7. The fourth-order valence-corrected chi connectivity index (χ4v) is 1.89. The van der Waals surface area contributed by atoms with Gasteiger partial charge in [-0.15, -0.1) is 0 Å². The molecule has 0 fully saturated rings. The Hall–Kier alpha value is -2.03. The van der Waals surface area contributed by atoms with Crippen LogP contribution in [0.25, 0.3) is 0 Å². The Labute approximate surface area is 107 Å². The number of nitrogens with two attached hydrogens (primary N) is 1. The van der Waals surface area contributed by atoms with E-state index in [1.165, 1.54) is 17.7 Å². The molecule has 0 bridgehead atoms. The minimum Gasteiger partial charge on any atom is -0.399 e. The number of nitrogens with zero attached hydrogens (tertiary/aromatic N) is 1. The van der Waals surface area contributed by atoms with Crippen molar-refractivity contribution in [2.24, 2.45) is 0 Å². The first-order valence-corrected chi connectivity index (χ1v) is 5.99. The summed E-state index contributed by atoms with van der Waals surface area (Å²) in [5, 5.41) is 0. The summed E-state index contributed by atoms with van der Waals surface area (Å²) in [5.74, 6) is -0.318. The van der Waals surface area contributed by atoms with Crippen molar-refractivity contribution in [2.75, 3.05) is 17.7 Å². The van der Waals surface area contributed by atoms with Gasteiger partial charge in [-0.05, 0) is 42.3 Å². The highest BCUT2D eigenvalue weighted by molar-refractivity contribution is 5.66. The number of benzene rings is 2. The van der Waals surface area contributed by atoms with E-state index in [9.17, 15) is 4.39 Å². The number of anilines is 3. The number of nitrogen functional groups attached to an aromatic ring is 1. The van der Waals surface area contributed by atoms with E-state index >= 15 is 0 Å². The maximum absolute atomic E-state index is 13.3. The van der Waals surface area contributed by atoms with Crippen LogP contribution >= 0.6 is 0 Å². The highest BCUT2D eigenvalue weighted by atomic mass is 19.1. The predicted octanol–water partition coefficient (Wildman–Crippen LogP) is 3.74. The monoisotopic (exact) mass is 244 g/mol. The van der Waals surface area contributed by atoms with Crippen molar-refractivity contribution >= 4 is 17.1 Å². The molecule has 0 aliphatic heterocycles. The predicted molar refractivity (Wildman–Crippen MR) is 74.7 cm³/mol. The molecule has 18 heavy (non-hydrogen) atoms. The first-order valence-electron chi connectivity index (χ1n) is 5.99. The van der Waals surface area contributed by atoms with Gasteiger partial charge in [0.15, 0.2) is 0 Å². The van der Waals surface area contributed by atoms with Crippen LogP contribution in [0, 0.1) is 5.82 Å². The van der Waals surface area contributed by atoms with Gasteiger partial charge >= 0.3 is 0 Å². The third kappa shape index (κ3) is 2.62. The second kappa shape index (κ2) is 5.08. The molecule has 0 unspecified atom stereocenters. The molecule has 2 aromatic rings. The van der Waals surface area contributed by atoms with Crippen LogP contribution in [0.3, 0.4) is 0 Å². The molecule has 2 aromatic carbocycles. The van der Waals surface area contributed by atoms with Gasteiger partial charge in [0.1, 0.15) is 5.82 Å². The lowest BCUT2D eigenvalue weighted by atomic mass is 10.1. The number of aryl methyl sites for hydroxylation is 1. The molecular formula is C15H17FN2. The van der Waals surface area contributed by atoms with E-state index in [1.807, 2.05) is 24.1 Å². The van der Waals surface area contributed by atoms with Gasteiger partial charge in [-0.25, -0.2) is 4.39 Å². The van der Waals surface area contributed by atoms with Crippen molar-refractivity contribution in [1.82, 2.24) is 0 Å². The fourth-order valence-electron chi connectivity index (χ4n) is 1.89. The molecule has 3 heteroatoms. The molecule has 2 rings (SSSR count). The minimum atomic E-state index is -0.318. The molecule has 0 radical (unpaired) electrons. The summed E-state index contributed by atoms with van der Waals surface area (Å²) in [6.07, 6.45) is 1.01. The standard InChI is InChI=1S/C15H17FN2/c1-3-11-4-6-14(7-5-11)18(2)15-9-12(16)8-13(17)10-15/h4-10H,3,17H2,1-2H3. The number of hydrogen-bond acceptors (Lipinski definition) is 2. The second-order valence-corrected chi connectivity index (χ2v) is 4.32. The molecule has 0 amide bonds. The van der Waals surface area contributed by atoms with E-state index in [4.69, 9.17) is 5.73 Å². The lowest BCUT2D eigenvalue weighted by Gasteiger charge is -2.20. The second-order valence-electron chi connectivity index (χ2n) is 4.32. The molecule has 2 N–H and O–H groups in total. The number of halogens is 1. The lowest BCUT2D eigenvalue weighted by Crippen LogP contribution is -2.10. The third-order valence-electron chi connectivity index (χ3n) is 3.02. The Morgan fingerprint density at radius 2 is 1.72 bits per heavy atom. The minimum absolute atomic E-state index is 0.318. The van der Waals surface area contributed by atoms with Gasteiger partial charge in [0.25, 0.3) is 0 Å². The van der Waals surface area contributed by atoms with Crippen molar-refractivity contribution < 1.29 is 4.39 Å². The number of rotatable bonds is 3. The Bertz CT molecular complexity index is 514. The summed E-state index contributed by atoms with van der Waals surface area (Å²) in [6, 6.07) is 12.8. The van der Waals surface area contributed by atoms with Crippen LogP contribution in [0.4, 0.5) is 21.5 Å². The SMILES string of the molecule is CCc1ccc(N(C)c2cc(N)cc(F)c2)cc1. The molecule has 0 spiro atoms. The summed E-state index contributed by atoms with van der Waals surface area (Å²) in [7, 11) is 1.90. The van der Waals surface area contributed by atoms with Gasteiger partial charge in [-0.2, -0.15) is 0 Å². The third-order valence-corrected chi connectivity index (χ3v) is 3.02. The molecule has 2 nitrogen and oxygen atoms in total. The maximum Gasteiger partial charge on any atom is 0.127 e. The zero-order valence-corrected chi connectivity index (χ0v) is 10.7. The summed E-state index contributed by atoms with van der Waals surface area (Å²) in [6.45, 7) is 2.12. The topological polar surface area (TPSA) is 29.3 Å². The lowest BCUT2D eigenvalue weighted by molar-refractivity contribution is 0.628. The zero-order chi connectivity index (χ0) is 13.1. The average molecular weight is 244 g/mol. The van der Waals surface area contributed by atoms with E-state index in [2.05, 4.69) is 19.1 Å². The van der Waals surface area contributed by atoms with Crippen molar-refractivity contribution in [3.8, 4) is 0 Å². The van der Waals surface area contributed by atoms with E-state index in [-0.39, 0.29) is 5.82 Å². The maximum atomic E-state index is 13.3. The molecule has 94 valence electrons. The largest absolute Gasteiger partial charge is 0.399 e. The van der Waals surface area contributed by atoms with Crippen molar-refractivity contribution in [1.29, 1.82) is 0 Å². The van der Waals surface area contributed by atoms with E-state index in [1.54, 1.807) is 6.07 Å². The quantitative estimate of drug-likeness (QED) is 0.833. The molecular weight excluding hydrogens is 227 g/mol. The number of hydrogen-bond donors (Lipinski definition) is 1. The molecule has 0 atom stereocenters. The van der Waals surface area contributed by atoms with Crippen LogP contribution in [0.2, 0.25) is 0 Å². The smallest absolute Gasteiger partial charge is 0.127 e. The van der Waals surface area contributed by atoms with Gasteiger partial charge in [-0.3, -0.25) is 0 Å². The van der Waals surface area contributed by atoms with Crippen LogP contribution in [0.5, 0.6) is 0 Å². The molecule has 0 aliphatic rings. The normalized spacial score (nSPS) is 10.4. The van der Waals surface area contributed by atoms with Crippen LogP contribution < -0.4 is 10.6 Å². The highest BCUT2D eigenvalue weighted by Crippen LogP contribution is 2.26. The molecule has 0 saturated heterocycles. The van der Waals surface area contributed by atoms with Gasteiger partial charge in [0, 0.05) is 24.1 Å². The average Bonchev–Trinajstić information content (AvgIpc) is 2.37. The van der Waals surface area contributed by atoms with Gasteiger partial charge < -0.3 is 10.6 Å². The van der Waals surface area contributed by atoms with Gasteiger partial charge in [0.05, 0.1) is 0 Å². The first-order chi connectivity index (χ1) is 8.60. The molecule has 0 heterocycles. The molecule has 0 aliphatic carbocycles. The Kier molecular flexibility index (Phi) is 3.51. The van der Waals surface area contributed by atoms with Crippen molar-refractivity contribution in [3.63, 3.8) is 0 Å². The van der Waals surface area contributed by atoms with Crippen LogP contribution in [0.1, 0.15) is 12.5 Å². The van der Waals surface area contributed by atoms with E-state index in [0.29, 0.717) is 5.69 Å². The van der Waals surface area contributed by atoms with E-state index in [0.717, 1.165) is 17.8 Å². The van der Waals surface area contributed by atoms with Gasteiger partial charge in [-0.1, -0.05) is 19.1 Å². The van der Waals surface area contributed by atoms with Crippen molar-refractivity contribution in [3.05, 3.63) is 53.8 Å². The molecule has 0 saturated carbocycles. The fraction of sp³-hybridized carbons (Fsp3) is 0.200. The highest BCUT2D eigenvalue weighted by Gasteiger charge is 2.06. The van der Waals surface area contributed by atoms with Crippen LogP contribution in [-0.4, -0.2) is 7.05 Å². The van der Waals surface area contributed by atoms with Crippen LogP contribution in [0.15, 0.2) is 42.5 Å². The summed E-state index contributed by atoms with van der Waals surface area (Å²) in [5.41, 5.74) is 9.13. The Balaban J connectivity index is 2.31. The Morgan fingerprint density at radius 1 is 1.06 bits per heavy atom. The van der Waals surface area contributed by atoms with Crippen LogP contribution in [-0.2, 0) is 6.42 Å². The first kappa shape index (κ1) is 12.4. The summed E-state index contributed by atoms with van der Waals surface area (Å²) in [4.78, 5) is 1.92. The summed E-state index contributed by atoms with van der Waals surface area (Å²) < 4.78 is 13.3. The Morgan fingerprint density at radius 3 is 2.28 bits per heavy atom. The van der Waals surface area contributed by atoms with E-state index < -0.39 is 0 Å².